The summed E-state index contributed by atoms with van der Waals surface area (Å²) in [5, 5.41) is 0. The highest BCUT2D eigenvalue weighted by Gasteiger charge is 2.19. The van der Waals surface area contributed by atoms with Crippen LogP contribution in [0.5, 0.6) is 0 Å². The Labute approximate surface area is 463 Å². The van der Waals surface area contributed by atoms with Crippen LogP contribution in [0, 0.1) is 0 Å². The smallest absolute Gasteiger partial charge is 0.306 e. The summed E-state index contributed by atoms with van der Waals surface area (Å²) >= 11 is 0. The minimum absolute atomic E-state index is 0.110. The van der Waals surface area contributed by atoms with Gasteiger partial charge in [0.05, 0.1) is 0 Å². The Kier molecular flexibility index (Phi) is 59.3. The van der Waals surface area contributed by atoms with E-state index in [1.54, 1.807) is 0 Å². The van der Waals surface area contributed by atoms with E-state index < -0.39 is 12.1 Å². The van der Waals surface area contributed by atoms with E-state index in [9.17, 15) is 14.4 Å². The van der Waals surface area contributed by atoms with Crippen molar-refractivity contribution in [3.63, 3.8) is 0 Å². The zero-order valence-corrected chi connectivity index (χ0v) is 49.0. The van der Waals surface area contributed by atoms with Crippen LogP contribution >= 0.6 is 0 Å². The average molecular weight is 1040 g/mol. The van der Waals surface area contributed by atoms with Crippen molar-refractivity contribution in [1.29, 1.82) is 0 Å². The predicted molar refractivity (Wildman–Crippen MR) is 325 cm³/mol. The molecule has 0 saturated carbocycles. The van der Waals surface area contributed by atoms with Crippen LogP contribution in [0.1, 0.15) is 290 Å². The normalized spacial score (nSPS) is 12.8. The molecule has 0 saturated heterocycles. The lowest BCUT2D eigenvalue weighted by Crippen LogP contribution is -2.30. The third-order valence-electron chi connectivity index (χ3n) is 13.3. The fourth-order valence-corrected chi connectivity index (χ4v) is 8.66. The molecule has 0 aliphatic rings. The van der Waals surface area contributed by atoms with Gasteiger partial charge in [0.25, 0.3) is 0 Å². The van der Waals surface area contributed by atoms with E-state index in [-0.39, 0.29) is 31.6 Å². The number of carbonyl (C=O) groups excluding carboxylic acids is 3. The van der Waals surface area contributed by atoms with Gasteiger partial charge in [-0.15, -0.1) is 0 Å². The highest BCUT2D eigenvalue weighted by Crippen LogP contribution is 2.16. The highest BCUT2D eigenvalue weighted by molar-refractivity contribution is 5.71. The number of hydrogen-bond donors (Lipinski definition) is 0. The van der Waals surface area contributed by atoms with E-state index in [1.165, 1.54) is 141 Å². The van der Waals surface area contributed by atoms with Crippen molar-refractivity contribution in [2.24, 2.45) is 0 Å². The zero-order valence-electron chi connectivity index (χ0n) is 49.0. The number of hydrogen-bond acceptors (Lipinski definition) is 6. The fraction of sp³-hybridized carbons (Fsp3) is 0.696. The van der Waals surface area contributed by atoms with Gasteiger partial charge < -0.3 is 14.2 Å². The van der Waals surface area contributed by atoms with E-state index in [2.05, 4.69) is 124 Å². The third kappa shape index (κ3) is 60.8. The molecule has 0 fully saturated rings. The molecule has 0 bridgehead atoms. The lowest BCUT2D eigenvalue weighted by atomic mass is 10.0. The van der Waals surface area contributed by atoms with Gasteiger partial charge in [0, 0.05) is 19.3 Å². The van der Waals surface area contributed by atoms with Gasteiger partial charge in [-0.2, -0.15) is 0 Å². The van der Waals surface area contributed by atoms with E-state index in [0.29, 0.717) is 19.3 Å². The molecule has 0 aliphatic heterocycles. The van der Waals surface area contributed by atoms with Gasteiger partial charge >= 0.3 is 17.9 Å². The van der Waals surface area contributed by atoms with Crippen LogP contribution in [0.4, 0.5) is 0 Å². The van der Waals surface area contributed by atoms with Crippen LogP contribution in [0.3, 0.4) is 0 Å². The maximum absolute atomic E-state index is 12.9. The molecule has 6 nitrogen and oxygen atoms in total. The Morgan fingerprint density at radius 3 is 0.867 bits per heavy atom. The number of esters is 3. The van der Waals surface area contributed by atoms with Crippen LogP contribution in [0.2, 0.25) is 0 Å². The van der Waals surface area contributed by atoms with Gasteiger partial charge in [0.15, 0.2) is 6.10 Å². The Balaban J connectivity index is 4.47. The first-order valence-electron chi connectivity index (χ1n) is 31.4. The molecule has 0 aromatic rings. The second-order valence-corrected chi connectivity index (χ2v) is 20.6. The Morgan fingerprint density at radius 1 is 0.280 bits per heavy atom. The van der Waals surface area contributed by atoms with Gasteiger partial charge in [-0.05, 0) is 89.9 Å². The Morgan fingerprint density at radius 2 is 0.547 bits per heavy atom. The molecule has 0 aromatic carbocycles. The lowest BCUT2D eigenvalue weighted by molar-refractivity contribution is -0.166. The van der Waals surface area contributed by atoms with Crippen LogP contribution in [0.15, 0.2) is 109 Å². The summed E-state index contributed by atoms with van der Waals surface area (Å²) in [4.78, 5) is 38.3. The fourth-order valence-electron chi connectivity index (χ4n) is 8.66. The molecule has 1 atom stereocenters. The molecule has 0 N–H and O–H groups in total. The summed E-state index contributed by atoms with van der Waals surface area (Å²) in [5.74, 6) is -0.997. The quantitative estimate of drug-likeness (QED) is 0.0261. The summed E-state index contributed by atoms with van der Waals surface area (Å²) in [6.07, 6.45) is 85.3. The topological polar surface area (TPSA) is 78.9 Å². The summed E-state index contributed by atoms with van der Waals surface area (Å²) < 4.78 is 16.8. The molecule has 0 aliphatic carbocycles. The molecule has 0 rings (SSSR count). The van der Waals surface area contributed by atoms with Crippen molar-refractivity contribution in [1.82, 2.24) is 0 Å². The number of unbranched alkanes of at least 4 members (excludes halogenated alkanes) is 27. The van der Waals surface area contributed by atoms with Crippen molar-refractivity contribution in [3.05, 3.63) is 109 Å². The van der Waals surface area contributed by atoms with Crippen LogP contribution in [-0.2, 0) is 28.6 Å². The molecular formula is C69H116O6. The number of allylic oxidation sites excluding steroid dienone is 18. The molecule has 0 aromatic heterocycles. The van der Waals surface area contributed by atoms with Crippen molar-refractivity contribution >= 4 is 17.9 Å². The van der Waals surface area contributed by atoms with Crippen molar-refractivity contribution in [2.75, 3.05) is 13.2 Å². The molecule has 1 unspecified atom stereocenters. The summed E-state index contributed by atoms with van der Waals surface area (Å²) in [6, 6.07) is 0. The van der Waals surface area contributed by atoms with E-state index in [0.717, 1.165) is 103 Å². The maximum atomic E-state index is 12.9. The molecule has 428 valence electrons. The standard InChI is InChI=1S/C69H116O6/c1-4-7-10-13-16-19-22-25-28-31-33-34-36-38-41-44-47-50-53-56-59-62-68(71)74-65-66(64-73-67(70)61-58-55-52-49-46-43-40-37-30-27-24-21-18-15-12-9-6-3)75-69(72)63-60-57-54-51-48-45-42-39-35-32-29-26-23-20-17-14-11-8-5-2/h8-9,11-12,17-18,20-21,26-27,29-30,35,39,45,48,54,57,66H,4-7,10,13-16,19,22-25,28,31-34,36-38,40-44,46-47,49-53,55-56,58-65H2,1-3H3/b11-8-,12-9-,20-17-,21-18-,29-26-,30-27-,39-35-,48-45-,57-54-. The van der Waals surface area contributed by atoms with Crippen molar-refractivity contribution < 1.29 is 28.6 Å². The average Bonchev–Trinajstić information content (AvgIpc) is 3.41. The molecular weight excluding hydrogens is 925 g/mol. The Hall–Kier alpha value is -3.93. The summed E-state index contributed by atoms with van der Waals surface area (Å²) in [5.41, 5.74) is 0. The van der Waals surface area contributed by atoms with Crippen LogP contribution in [0.25, 0.3) is 0 Å². The number of carbonyl (C=O) groups is 3. The van der Waals surface area contributed by atoms with E-state index in [4.69, 9.17) is 14.2 Å². The second-order valence-electron chi connectivity index (χ2n) is 20.6. The summed E-state index contributed by atoms with van der Waals surface area (Å²) in [6.45, 7) is 6.37. The van der Waals surface area contributed by atoms with Gasteiger partial charge in [0.2, 0.25) is 0 Å². The molecule has 75 heavy (non-hydrogen) atoms. The first-order valence-corrected chi connectivity index (χ1v) is 31.4. The minimum atomic E-state index is -0.824. The predicted octanol–water partition coefficient (Wildman–Crippen LogP) is 21.4. The Bertz CT molecular complexity index is 1520. The number of rotatable bonds is 56. The van der Waals surface area contributed by atoms with Crippen molar-refractivity contribution in [2.45, 2.75) is 297 Å². The lowest BCUT2D eigenvalue weighted by Gasteiger charge is -2.18. The zero-order chi connectivity index (χ0) is 54.3. The highest BCUT2D eigenvalue weighted by atomic mass is 16.6. The first-order chi connectivity index (χ1) is 37.0. The van der Waals surface area contributed by atoms with Gasteiger partial charge in [0.1, 0.15) is 13.2 Å². The molecule has 6 heteroatoms. The molecule has 0 amide bonds. The monoisotopic (exact) mass is 1040 g/mol. The van der Waals surface area contributed by atoms with E-state index >= 15 is 0 Å². The van der Waals surface area contributed by atoms with Gasteiger partial charge in [-0.3, -0.25) is 14.4 Å². The van der Waals surface area contributed by atoms with Crippen molar-refractivity contribution in [3.8, 4) is 0 Å². The van der Waals surface area contributed by atoms with Gasteiger partial charge in [-0.25, -0.2) is 0 Å². The van der Waals surface area contributed by atoms with Crippen LogP contribution < -0.4 is 0 Å². The van der Waals surface area contributed by atoms with Crippen LogP contribution in [-0.4, -0.2) is 37.2 Å². The number of ether oxygens (including phenoxy) is 3. The second kappa shape index (κ2) is 62.6. The molecule has 0 spiro atoms. The van der Waals surface area contributed by atoms with E-state index in [1.807, 2.05) is 6.08 Å². The SMILES string of the molecule is CC/C=C\C/C=C\C/C=C\C/C=C\C/C=C\C/C=C\CCC(=O)OC(COC(=O)CCCCCCCCC/C=C\C/C=C\C/C=C\CC)COC(=O)CCCCCCCCCCCCCCCCCCCCCCC. The maximum Gasteiger partial charge on any atom is 0.306 e. The molecule has 0 radical (unpaired) electrons. The summed E-state index contributed by atoms with van der Waals surface area (Å²) in [7, 11) is 0. The minimum Gasteiger partial charge on any atom is -0.462 e. The van der Waals surface area contributed by atoms with Gasteiger partial charge in [-0.1, -0.05) is 291 Å². The third-order valence-corrected chi connectivity index (χ3v) is 13.3. The largest absolute Gasteiger partial charge is 0.462 e. The first kappa shape index (κ1) is 71.1. The molecule has 0 heterocycles.